The van der Waals surface area contributed by atoms with Gasteiger partial charge in [0.15, 0.2) is 5.82 Å². The third-order valence-corrected chi connectivity index (χ3v) is 11.3. The summed E-state index contributed by atoms with van der Waals surface area (Å²) in [7, 11) is 0. The van der Waals surface area contributed by atoms with E-state index in [-0.39, 0.29) is 0 Å². The molecule has 12 rings (SSSR count). The highest BCUT2D eigenvalue weighted by Crippen LogP contribution is 2.43. The molecule has 58 heavy (non-hydrogen) atoms. The molecule has 0 spiro atoms. The summed E-state index contributed by atoms with van der Waals surface area (Å²) in [6.07, 6.45) is 0. The molecule has 0 aliphatic carbocycles. The van der Waals surface area contributed by atoms with Gasteiger partial charge in [-0.1, -0.05) is 152 Å². The van der Waals surface area contributed by atoms with E-state index in [9.17, 15) is 0 Å². The van der Waals surface area contributed by atoms with Crippen molar-refractivity contribution in [3.05, 3.63) is 188 Å². The van der Waals surface area contributed by atoms with Crippen LogP contribution in [0.15, 0.2) is 197 Å². The number of para-hydroxylation sites is 4. The van der Waals surface area contributed by atoms with Gasteiger partial charge in [0.25, 0.3) is 0 Å². The van der Waals surface area contributed by atoms with Crippen LogP contribution in [0.5, 0.6) is 0 Å². The zero-order valence-corrected chi connectivity index (χ0v) is 31.1. The lowest BCUT2D eigenvalue weighted by Gasteiger charge is -2.14. The van der Waals surface area contributed by atoms with Gasteiger partial charge >= 0.3 is 0 Å². The first-order chi connectivity index (χ1) is 28.7. The Morgan fingerprint density at radius 3 is 1.74 bits per heavy atom. The Morgan fingerprint density at radius 2 is 0.948 bits per heavy atom. The molecule has 0 N–H and O–H groups in total. The summed E-state index contributed by atoms with van der Waals surface area (Å²) < 4.78 is 12.9. The Kier molecular flexibility index (Phi) is 7.16. The normalized spacial score (nSPS) is 11.8. The molecule has 0 radical (unpaired) electrons. The van der Waals surface area contributed by atoms with Crippen LogP contribution in [-0.2, 0) is 0 Å². The molecular weight excluding hydrogens is 711 g/mol. The Balaban J connectivity index is 1.04. The van der Waals surface area contributed by atoms with Crippen LogP contribution in [0.25, 0.3) is 122 Å². The molecule has 0 aliphatic heterocycles. The first-order valence-electron chi connectivity index (χ1n) is 19.4. The summed E-state index contributed by atoms with van der Waals surface area (Å²) in [5.74, 6) is 0.655. The molecule has 8 aromatic carbocycles. The summed E-state index contributed by atoms with van der Waals surface area (Å²) in [6, 6.07) is 64.8. The third-order valence-electron chi connectivity index (χ3n) is 11.3. The van der Waals surface area contributed by atoms with E-state index >= 15 is 0 Å². The lowest BCUT2D eigenvalue weighted by Crippen LogP contribution is -1.96. The van der Waals surface area contributed by atoms with Crippen molar-refractivity contribution in [2.45, 2.75) is 0 Å². The molecule has 5 nitrogen and oxygen atoms in total. The fraction of sp³-hybridized carbons (Fsp3) is 0. The van der Waals surface area contributed by atoms with E-state index in [0.29, 0.717) is 5.82 Å². The quantitative estimate of drug-likeness (QED) is 0.164. The Bertz CT molecular complexity index is 3550. The fourth-order valence-electron chi connectivity index (χ4n) is 8.60. The van der Waals surface area contributed by atoms with Crippen LogP contribution in [0.3, 0.4) is 0 Å². The van der Waals surface area contributed by atoms with E-state index in [0.717, 1.165) is 116 Å². The van der Waals surface area contributed by atoms with E-state index in [1.54, 1.807) is 0 Å². The predicted molar refractivity (Wildman–Crippen MR) is 237 cm³/mol. The number of furan rings is 2. The first-order valence-corrected chi connectivity index (χ1v) is 19.4. The van der Waals surface area contributed by atoms with Crippen molar-refractivity contribution < 1.29 is 8.83 Å². The molecule has 0 amide bonds. The number of hydrogen-bond acceptors (Lipinski definition) is 5. The first kappa shape index (κ1) is 32.4. The Labute approximate surface area is 332 Å². The molecule has 0 fully saturated rings. The number of benzene rings is 8. The van der Waals surface area contributed by atoms with Crippen molar-refractivity contribution in [2.24, 2.45) is 0 Å². The molecule has 12 aromatic rings. The maximum atomic E-state index is 6.46. The van der Waals surface area contributed by atoms with Crippen LogP contribution in [0.2, 0.25) is 0 Å². The lowest BCUT2D eigenvalue weighted by molar-refractivity contribution is 0.669. The van der Waals surface area contributed by atoms with Crippen molar-refractivity contribution in [3.8, 4) is 56.3 Å². The SMILES string of the molecule is c1ccc(-c2nc(-c3ccc(-c4cccc5c4nc(-c4ccccc4)c4ccc6oc7ccccc7c6c45)cc3)cc(-c3cccc4c3oc3ccccc34)n2)cc1. The van der Waals surface area contributed by atoms with Crippen molar-refractivity contribution in [1.29, 1.82) is 0 Å². The summed E-state index contributed by atoms with van der Waals surface area (Å²) in [6.45, 7) is 0. The topological polar surface area (TPSA) is 65.0 Å². The van der Waals surface area contributed by atoms with E-state index in [1.165, 1.54) is 0 Å². The number of hydrogen-bond donors (Lipinski definition) is 0. The number of rotatable bonds is 5. The van der Waals surface area contributed by atoms with E-state index in [1.807, 2.05) is 54.6 Å². The molecule has 0 unspecified atom stereocenters. The number of nitrogens with zero attached hydrogens (tertiary/aromatic N) is 3. The van der Waals surface area contributed by atoms with Gasteiger partial charge in [0.1, 0.15) is 22.3 Å². The Morgan fingerprint density at radius 1 is 0.328 bits per heavy atom. The maximum Gasteiger partial charge on any atom is 0.160 e. The van der Waals surface area contributed by atoms with Crippen LogP contribution in [0.4, 0.5) is 0 Å². The fourth-order valence-corrected chi connectivity index (χ4v) is 8.60. The van der Waals surface area contributed by atoms with Gasteiger partial charge in [-0.25, -0.2) is 15.0 Å². The number of aromatic nitrogens is 3. The average molecular weight is 742 g/mol. The number of pyridine rings is 1. The van der Waals surface area contributed by atoms with Gasteiger partial charge in [0, 0.05) is 65.5 Å². The molecule has 0 aliphatic rings. The monoisotopic (exact) mass is 741 g/mol. The van der Waals surface area contributed by atoms with Crippen molar-refractivity contribution in [3.63, 3.8) is 0 Å². The van der Waals surface area contributed by atoms with Crippen molar-refractivity contribution >= 4 is 65.6 Å². The average Bonchev–Trinajstić information content (AvgIpc) is 3.88. The zero-order chi connectivity index (χ0) is 38.2. The Hall–Kier alpha value is -7.89. The van der Waals surface area contributed by atoms with Crippen LogP contribution < -0.4 is 0 Å². The van der Waals surface area contributed by atoms with E-state index < -0.39 is 0 Å². The second kappa shape index (κ2) is 12.8. The summed E-state index contributed by atoms with van der Waals surface area (Å²) in [5, 5.41) is 7.68. The maximum absolute atomic E-state index is 6.46. The zero-order valence-electron chi connectivity index (χ0n) is 31.1. The van der Waals surface area contributed by atoms with Crippen LogP contribution in [0.1, 0.15) is 0 Å². The minimum Gasteiger partial charge on any atom is -0.456 e. The molecule has 270 valence electrons. The predicted octanol–water partition coefficient (Wildman–Crippen LogP) is 14.3. The molecule has 0 bridgehead atoms. The smallest absolute Gasteiger partial charge is 0.160 e. The third kappa shape index (κ3) is 5.07. The van der Waals surface area contributed by atoms with Crippen molar-refractivity contribution in [1.82, 2.24) is 15.0 Å². The molecule has 5 heteroatoms. The van der Waals surface area contributed by atoms with Gasteiger partial charge in [0.05, 0.1) is 22.6 Å². The summed E-state index contributed by atoms with van der Waals surface area (Å²) in [5.41, 5.74) is 13.0. The minimum atomic E-state index is 0.655. The standard InChI is InChI=1S/C53H31N3O2/c1-3-13-34(14-4-1)50-42-29-30-47-49(40-18-8-10-24-46(40)57-47)48(42)41-22-11-19-36(51(41)56-50)32-25-27-33(28-26-32)43-31-44(55-53(54-43)35-15-5-2-6-16-35)39-21-12-20-38-37-17-7-9-23-45(37)58-52(38)39/h1-31H. The summed E-state index contributed by atoms with van der Waals surface area (Å²) >= 11 is 0. The van der Waals surface area contributed by atoms with Gasteiger partial charge in [0.2, 0.25) is 0 Å². The van der Waals surface area contributed by atoms with Gasteiger partial charge < -0.3 is 8.83 Å². The molecule has 0 saturated carbocycles. The summed E-state index contributed by atoms with van der Waals surface area (Å²) in [4.78, 5) is 15.7. The lowest BCUT2D eigenvalue weighted by atomic mass is 9.93. The van der Waals surface area contributed by atoms with E-state index in [4.69, 9.17) is 23.8 Å². The van der Waals surface area contributed by atoms with E-state index in [2.05, 4.69) is 133 Å². The largest absolute Gasteiger partial charge is 0.456 e. The van der Waals surface area contributed by atoms with Crippen LogP contribution in [-0.4, -0.2) is 15.0 Å². The van der Waals surface area contributed by atoms with Gasteiger partial charge in [-0.05, 0) is 42.0 Å². The minimum absolute atomic E-state index is 0.655. The van der Waals surface area contributed by atoms with Gasteiger partial charge in [-0.2, -0.15) is 0 Å². The van der Waals surface area contributed by atoms with Crippen LogP contribution >= 0.6 is 0 Å². The van der Waals surface area contributed by atoms with Crippen LogP contribution in [0, 0.1) is 0 Å². The molecule has 4 aromatic heterocycles. The number of fused-ring (bicyclic) bond motifs is 10. The molecular formula is C53H31N3O2. The molecule has 0 atom stereocenters. The molecule has 4 heterocycles. The van der Waals surface area contributed by atoms with Gasteiger partial charge in [-0.3, -0.25) is 0 Å². The van der Waals surface area contributed by atoms with Crippen molar-refractivity contribution in [2.75, 3.05) is 0 Å². The highest BCUT2D eigenvalue weighted by atomic mass is 16.3. The van der Waals surface area contributed by atoms with Gasteiger partial charge in [-0.15, -0.1) is 0 Å². The highest BCUT2D eigenvalue weighted by molar-refractivity contribution is 6.29. The molecule has 0 saturated heterocycles. The second-order valence-electron chi connectivity index (χ2n) is 14.7. The highest BCUT2D eigenvalue weighted by Gasteiger charge is 2.20. The second-order valence-corrected chi connectivity index (χ2v) is 14.7.